The highest BCUT2D eigenvalue weighted by atomic mass is 35.5. The summed E-state index contributed by atoms with van der Waals surface area (Å²) in [5, 5.41) is 5.91. The number of aliphatic imine (C=N–C) groups is 1. The van der Waals surface area contributed by atoms with Crippen LogP contribution in [-0.4, -0.2) is 17.0 Å². The molecular formula is C14H19ClN2S. The molecule has 1 N–H and O–H groups in total. The van der Waals surface area contributed by atoms with Crippen LogP contribution in [-0.2, 0) is 0 Å². The number of hydrogen-bond donors (Lipinski definition) is 1. The third-order valence-electron chi connectivity index (χ3n) is 3.11. The topological polar surface area (TPSA) is 24.4 Å². The lowest BCUT2D eigenvalue weighted by Crippen LogP contribution is -2.24. The molecule has 4 heteroatoms. The first kappa shape index (κ1) is 13.8. The van der Waals surface area contributed by atoms with Crippen molar-refractivity contribution in [2.24, 2.45) is 10.9 Å². The van der Waals surface area contributed by atoms with Gasteiger partial charge in [-0.3, -0.25) is 4.99 Å². The quantitative estimate of drug-likeness (QED) is 0.902. The lowest BCUT2D eigenvalue weighted by molar-refractivity contribution is 0.621. The maximum absolute atomic E-state index is 6.01. The Labute approximate surface area is 118 Å². The van der Waals surface area contributed by atoms with Crippen LogP contribution in [0.5, 0.6) is 0 Å². The third-order valence-corrected chi connectivity index (χ3v) is 4.81. The van der Waals surface area contributed by atoms with E-state index in [9.17, 15) is 0 Å². The van der Waals surface area contributed by atoms with Crippen LogP contribution in [0, 0.1) is 5.92 Å². The van der Waals surface area contributed by atoms with Crippen molar-refractivity contribution in [1.29, 1.82) is 0 Å². The summed E-state index contributed by atoms with van der Waals surface area (Å²) < 4.78 is 0. The minimum Gasteiger partial charge on any atom is -0.358 e. The fourth-order valence-electron chi connectivity index (χ4n) is 1.86. The predicted octanol–water partition coefficient (Wildman–Crippen LogP) is 4.12. The molecule has 1 aliphatic heterocycles. The second-order valence-electron chi connectivity index (χ2n) is 4.97. The molecule has 0 saturated carbocycles. The zero-order chi connectivity index (χ0) is 13.1. The molecule has 2 nitrogen and oxygen atoms in total. The number of rotatable bonds is 3. The predicted molar refractivity (Wildman–Crippen MR) is 81.5 cm³/mol. The van der Waals surface area contributed by atoms with Crippen LogP contribution < -0.4 is 5.32 Å². The van der Waals surface area contributed by atoms with E-state index >= 15 is 0 Å². The largest absolute Gasteiger partial charge is 0.358 e. The molecule has 2 atom stereocenters. The molecule has 0 aromatic heterocycles. The summed E-state index contributed by atoms with van der Waals surface area (Å²) in [7, 11) is 0. The molecule has 0 bridgehead atoms. The molecule has 0 radical (unpaired) electrons. The summed E-state index contributed by atoms with van der Waals surface area (Å²) in [5.74, 6) is 0.666. The van der Waals surface area contributed by atoms with Crippen LogP contribution in [0.25, 0.3) is 0 Å². The van der Waals surface area contributed by atoms with Crippen LogP contribution in [0.1, 0.15) is 32.4 Å². The average molecular weight is 283 g/mol. The monoisotopic (exact) mass is 282 g/mol. The molecule has 2 unspecified atom stereocenters. The molecule has 0 aliphatic carbocycles. The fourth-order valence-corrected chi connectivity index (χ4v) is 3.16. The van der Waals surface area contributed by atoms with Gasteiger partial charge in [0.1, 0.15) is 0 Å². The van der Waals surface area contributed by atoms with Gasteiger partial charge in [-0.2, -0.15) is 0 Å². The number of hydrogen-bond acceptors (Lipinski definition) is 3. The number of amidine groups is 1. The minimum absolute atomic E-state index is 0.237. The molecule has 1 aromatic rings. The smallest absolute Gasteiger partial charge is 0.157 e. The summed E-state index contributed by atoms with van der Waals surface area (Å²) in [6.45, 7) is 7.55. The minimum atomic E-state index is 0.237. The highest BCUT2D eigenvalue weighted by Crippen LogP contribution is 2.27. The van der Waals surface area contributed by atoms with Gasteiger partial charge in [0.15, 0.2) is 5.17 Å². The Balaban J connectivity index is 1.95. The standard InChI is InChI=1S/C14H19ClN2S/c1-9(2)13-8-16-14(18-13)17-10(3)11-5-4-6-12(15)7-11/h4-7,9-10,13H,8H2,1-3H3,(H,16,17). The molecule has 0 amide bonds. The van der Waals surface area contributed by atoms with E-state index < -0.39 is 0 Å². The molecule has 1 heterocycles. The Bertz CT molecular complexity index is 445. The van der Waals surface area contributed by atoms with Gasteiger partial charge in [-0.05, 0) is 30.5 Å². The third kappa shape index (κ3) is 3.42. The fraction of sp³-hybridized carbons (Fsp3) is 0.500. The first-order chi connectivity index (χ1) is 8.56. The molecule has 0 saturated heterocycles. The van der Waals surface area contributed by atoms with Crippen molar-refractivity contribution in [2.45, 2.75) is 32.1 Å². The van der Waals surface area contributed by atoms with Gasteiger partial charge < -0.3 is 5.32 Å². The highest BCUT2D eigenvalue weighted by molar-refractivity contribution is 8.14. The number of thioether (sulfide) groups is 1. The molecule has 1 aliphatic rings. The van der Waals surface area contributed by atoms with Gasteiger partial charge in [-0.1, -0.05) is 49.3 Å². The lowest BCUT2D eigenvalue weighted by atomic mass is 10.1. The maximum Gasteiger partial charge on any atom is 0.157 e. The van der Waals surface area contributed by atoms with E-state index in [0.717, 1.165) is 16.7 Å². The van der Waals surface area contributed by atoms with Crippen LogP contribution >= 0.6 is 23.4 Å². The van der Waals surface area contributed by atoms with Crippen molar-refractivity contribution in [3.05, 3.63) is 34.9 Å². The molecule has 98 valence electrons. The number of benzene rings is 1. The zero-order valence-electron chi connectivity index (χ0n) is 11.0. The van der Waals surface area contributed by atoms with Crippen molar-refractivity contribution in [2.75, 3.05) is 6.54 Å². The van der Waals surface area contributed by atoms with E-state index in [4.69, 9.17) is 11.6 Å². The number of nitrogens with zero attached hydrogens (tertiary/aromatic N) is 1. The Morgan fingerprint density at radius 1 is 1.39 bits per heavy atom. The summed E-state index contributed by atoms with van der Waals surface area (Å²) in [4.78, 5) is 4.56. The SMILES string of the molecule is CC(NC1=NCC(C(C)C)S1)c1cccc(Cl)c1. The average Bonchev–Trinajstić information content (AvgIpc) is 2.77. The number of halogens is 1. The molecule has 0 spiro atoms. The zero-order valence-corrected chi connectivity index (χ0v) is 12.6. The Morgan fingerprint density at radius 3 is 2.78 bits per heavy atom. The normalized spacial score (nSPS) is 20.9. The van der Waals surface area contributed by atoms with Crippen molar-refractivity contribution in [3.8, 4) is 0 Å². The molecule has 1 aromatic carbocycles. The Morgan fingerprint density at radius 2 is 2.17 bits per heavy atom. The number of nitrogens with one attached hydrogen (secondary N) is 1. The molecule has 0 fully saturated rings. The first-order valence-electron chi connectivity index (χ1n) is 6.29. The summed E-state index contributed by atoms with van der Waals surface area (Å²) in [6.07, 6.45) is 0. The van der Waals surface area contributed by atoms with Gasteiger partial charge in [0.2, 0.25) is 0 Å². The van der Waals surface area contributed by atoms with E-state index in [2.05, 4.69) is 37.1 Å². The van der Waals surface area contributed by atoms with E-state index in [-0.39, 0.29) is 6.04 Å². The van der Waals surface area contributed by atoms with Gasteiger partial charge >= 0.3 is 0 Å². The molecular weight excluding hydrogens is 264 g/mol. The van der Waals surface area contributed by atoms with Crippen LogP contribution in [0.3, 0.4) is 0 Å². The summed E-state index contributed by atoms with van der Waals surface area (Å²) in [6, 6.07) is 8.20. The maximum atomic E-state index is 6.01. The Kier molecular flexibility index (Phi) is 4.57. The van der Waals surface area contributed by atoms with Gasteiger partial charge in [-0.15, -0.1) is 0 Å². The van der Waals surface area contributed by atoms with Crippen molar-refractivity contribution in [3.63, 3.8) is 0 Å². The van der Waals surface area contributed by atoms with Crippen molar-refractivity contribution in [1.82, 2.24) is 5.32 Å². The van der Waals surface area contributed by atoms with Gasteiger partial charge in [0.25, 0.3) is 0 Å². The van der Waals surface area contributed by atoms with Gasteiger partial charge in [0.05, 0.1) is 12.6 Å². The molecule has 18 heavy (non-hydrogen) atoms. The summed E-state index contributed by atoms with van der Waals surface area (Å²) in [5.41, 5.74) is 1.19. The Hall–Kier alpha value is -0.670. The van der Waals surface area contributed by atoms with Crippen molar-refractivity contribution < 1.29 is 0 Å². The highest BCUT2D eigenvalue weighted by Gasteiger charge is 2.23. The van der Waals surface area contributed by atoms with Crippen LogP contribution in [0.2, 0.25) is 5.02 Å². The van der Waals surface area contributed by atoms with Gasteiger partial charge in [-0.25, -0.2) is 0 Å². The van der Waals surface area contributed by atoms with E-state index in [1.165, 1.54) is 5.56 Å². The second kappa shape index (κ2) is 5.98. The second-order valence-corrected chi connectivity index (χ2v) is 6.63. The lowest BCUT2D eigenvalue weighted by Gasteiger charge is -2.17. The van der Waals surface area contributed by atoms with Gasteiger partial charge in [0, 0.05) is 10.3 Å². The van der Waals surface area contributed by atoms with E-state index in [0.29, 0.717) is 11.2 Å². The summed E-state index contributed by atoms with van der Waals surface area (Å²) >= 11 is 7.86. The van der Waals surface area contributed by atoms with Crippen molar-refractivity contribution >= 4 is 28.5 Å². The molecule has 2 rings (SSSR count). The van der Waals surface area contributed by atoms with Crippen LogP contribution in [0.4, 0.5) is 0 Å². The van der Waals surface area contributed by atoms with E-state index in [1.54, 1.807) is 0 Å². The first-order valence-corrected chi connectivity index (χ1v) is 7.55. The van der Waals surface area contributed by atoms with E-state index in [1.807, 2.05) is 30.0 Å². The van der Waals surface area contributed by atoms with Crippen LogP contribution in [0.15, 0.2) is 29.3 Å².